The lowest BCUT2D eigenvalue weighted by Gasteiger charge is -2.25. The van der Waals surface area contributed by atoms with E-state index in [4.69, 9.17) is 4.74 Å². The number of halogens is 3. The number of fused-ring (bicyclic) bond motifs is 1. The highest BCUT2D eigenvalue weighted by atomic mass is 19.1. The zero-order chi connectivity index (χ0) is 21.7. The van der Waals surface area contributed by atoms with Crippen LogP contribution in [0.15, 0.2) is 35.3 Å². The Morgan fingerprint density at radius 2 is 1.76 bits per heavy atom. The highest BCUT2D eigenvalue weighted by Gasteiger charge is 2.29. The molecule has 1 heterocycles. The van der Waals surface area contributed by atoms with E-state index in [9.17, 15) is 27.9 Å². The molecule has 1 aromatic heterocycles. The summed E-state index contributed by atoms with van der Waals surface area (Å²) in [6, 6.07) is 3.63. The van der Waals surface area contributed by atoms with Gasteiger partial charge in [0.15, 0.2) is 0 Å². The molecule has 29 heavy (non-hydrogen) atoms. The molecule has 0 unspecified atom stereocenters. The van der Waals surface area contributed by atoms with Gasteiger partial charge in [-0.3, -0.25) is 4.79 Å². The lowest BCUT2D eigenvalue weighted by molar-refractivity contribution is 0.0695. The summed E-state index contributed by atoms with van der Waals surface area (Å²) in [5.41, 5.74) is -2.48. The van der Waals surface area contributed by atoms with Crippen molar-refractivity contribution in [3.05, 3.63) is 69.3 Å². The first kappa shape index (κ1) is 20.4. The van der Waals surface area contributed by atoms with E-state index in [1.54, 1.807) is 20.8 Å². The Labute approximate surface area is 164 Å². The molecule has 3 rings (SSSR count). The van der Waals surface area contributed by atoms with Gasteiger partial charge in [0.2, 0.25) is 5.43 Å². The SMILES string of the molecule is COc1c(C(C)(C)C)c(F)cc2c(=O)c(C(=O)O)cn(-c3ccc(F)cc3F)c12. The Bertz CT molecular complexity index is 1210. The second-order valence-corrected chi connectivity index (χ2v) is 7.56. The summed E-state index contributed by atoms with van der Waals surface area (Å²) in [7, 11) is 1.27. The number of aromatic carboxylic acids is 1. The van der Waals surface area contributed by atoms with E-state index in [1.165, 1.54) is 7.11 Å². The topological polar surface area (TPSA) is 68.5 Å². The molecule has 1 N–H and O–H groups in total. The van der Waals surface area contributed by atoms with Crippen molar-refractivity contribution in [3.63, 3.8) is 0 Å². The highest BCUT2D eigenvalue weighted by Crippen LogP contribution is 2.39. The fourth-order valence-corrected chi connectivity index (χ4v) is 3.34. The zero-order valence-electron chi connectivity index (χ0n) is 16.1. The number of ether oxygens (including phenoxy) is 1. The second-order valence-electron chi connectivity index (χ2n) is 7.56. The molecule has 0 aliphatic heterocycles. The van der Waals surface area contributed by atoms with E-state index >= 15 is 0 Å². The van der Waals surface area contributed by atoms with Crippen molar-refractivity contribution >= 4 is 16.9 Å². The van der Waals surface area contributed by atoms with Gasteiger partial charge in [0, 0.05) is 17.8 Å². The number of aromatic nitrogens is 1. The van der Waals surface area contributed by atoms with Crippen LogP contribution in [0.25, 0.3) is 16.6 Å². The van der Waals surface area contributed by atoms with Crippen molar-refractivity contribution in [3.8, 4) is 11.4 Å². The van der Waals surface area contributed by atoms with Gasteiger partial charge >= 0.3 is 5.97 Å². The molecule has 8 heteroatoms. The number of carboxylic acids is 1. The summed E-state index contributed by atoms with van der Waals surface area (Å²) in [5, 5.41) is 9.10. The van der Waals surface area contributed by atoms with E-state index in [0.717, 1.165) is 29.0 Å². The van der Waals surface area contributed by atoms with Gasteiger partial charge in [-0.15, -0.1) is 0 Å². The first-order valence-electron chi connectivity index (χ1n) is 8.62. The van der Waals surface area contributed by atoms with Crippen molar-refractivity contribution in [1.82, 2.24) is 4.57 Å². The minimum atomic E-state index is -1.56. The van der Waals surface area contributed by atoms with Crippen LogP contribution in [-0.4, -0.2) is 22.8 Å². The van der Waals surface area contributed by atoms with Gasteiger partial charge in [0.05, 0.1) is 23.7 Å². The third-order valence-corrected chi connectivity index (χ3v) is 4.55. The van der Waals surface area contributed by atoms with Crippen LogP contribution in [0.5, 0.6) is 5.75 Å². The molecular weight excluding hydrogens is 387 g/mol. The standard InChI is InChI=1S/C21H18F3NO4/c1-21(2,3)16-14(24)8-11-17(19(16)29-4)25(9-12(18(11)26)20(27)28)15-6-5-10(22)7-13(15)23/h5-9H,1-4H3,(H,27,28). The molecule has 0 aliphatic rings. The van der Waals surface area contributed by atoms with E-state index in [1.807, 2.05) is 0 Å². The van der Waals surface area contributed by atoms with Crippen LogP contribution in [0.4, 0.5) is 13.2 Å². The van der Waals surface area contributed by atoms with Crippen LogP contribution in [0.2, 0.25) is 0 Å². The molecule has 152 valence electrons. The summed E-state index contributed by atoms with van der Waals surface area (Å²) in [4.78, 5) is 24.3. The molecule has 0 fully saturated rings. The van der Waals surface area contributed by atoms with Crippen LogP contribution in [-0.2, 0) is 5.41 Å². The van der Waals surface area contributed by atoms with Gasteiger partial charge in [-0.1, -0.05) is 20.8 Å². The average Bonchev–Trinajstić information content (AvgIpc) is 2.60. The highest BCUT2D eigenvalue weighted by molar-refractivity contribution is 5.96. The van der Waals surface area contributed by atoms with Crippen LogP contribution in [0, 0.1) is 17.5 Å². The number of nitrogens with zero attached hydrogens (tertiary/aromatic N) is 1. The van der Waals surface area contributed by atoms with Crippen molar-refractivity contribution in [2.75, 3.05) is 7.11 Å². The van der Waals surface area contributed by atoms with Gasteiger partial charge in [0.25, 0.3) is 0 Å². The maximum Gasteiger partial charge on any atom is 0.341 e. The summed E-state index contributed by atoms with van der Waals surface area (Å²) in [5.74, 6) is -4.18. The Morgan fingerprint density at radius 1 is 1.10 bits per heavy atom. The first-order valence-corrected chi connectivity index (χ1v) is 8.62. The molecule has 0 aliphatic carbocycles. The quantitative estimate of drug-likeness (QED) is 0.701. The number of benzene rings is 2. The smallest absolute Gasteiger partial charge is 0.341 e. The molecule has 0 radical (unpaired) electrons. The fraction of sp³-hybridized carbons (Fsp3) is 0.238. The van der Waals surface area contributed by atoms with Crippen LogP contribution >= 0.6 is 0 Å². The summed E-state index contributed by atoms with van der Waals surface area (Å²) in [6.07, 6.45) is 0.927. The predicted octanol–water partition coefficient (Wildman–Crippen LogP) is 4.41. The van der Waals surface area contributed by atoms with E-state index in [0.29, 0.717) is 6.07 Å². The fourth-order valence-electron chi connectivity index (χ4n) is 3.34. The molecule has 0 spiro atoms. The second kappa shape index (κ2) is 6.95. The van der Waals surface area contributed by atoms with Crippen LogP contribution in [0.3, 0.4) is 0 Å². The van der Waals surface area contributed by atoms with Crippen LogP contribution < -0.4 is 10.2 Å². The molecule has 0 bridgehead atoms. The van der Waals surface area contributed by atoms with Crippen molar-refractivity contribution in [2.45, 2.75) is 26.2 Å². The van der Waals surface area contributed by atoms with Gasteiger partial charge in [-0.25, -0.2) is 18.0 Å². The largest absolute Gasteiger partial charge is 0.494 e. The van der Waals surface area contributed by atoms with Gasteiger partial charge in [-0.2, -0.15) is 0 Å². The molecule has 5 nitrogen and oxygen atoms in total. The van der Waals surface area contributed by atoms with Crippen molar-refractivity contribution in [2.24, 2.45) is 0 Å². The molecule has 0 saturated heterocycles. The molecule has 2 aromatic carbocycles. The zero-order valence-corrected chi connectivity index (χ0v) is 16.1. The normalized spacial score (nSPS) is 11.7. The number of carbonyl (C=O) groups is 1. The molecule has 0 saturated carbocycles. The number of methoxy groups -OCH3 is 1. The van der Waals surface area contributed by atoms with Gasteiger partial charge < -0.3 is 14.4 Å². The lowest BCUT2D eigenvalue weighted by Crippen LogP contribution is -2.22. The Kier molecular flexibility index (Phi) is 4.90. The Balaban J connectivity index is 2.64. The maximum absolute atomic E-state index is 14.9. The predicted molar refractivity (Wildman–Crippen MR) is 102 cm³/mol. The molecule has 0 amide bonds. The third-order valence-electron chi connectivity index (χ3n) is 4.55. The monoisotopic (exact) mass is 405 g/mol. The number of carboxylic acid groups (broad SMARTS) is 1. The molecular formula is C21H18F3NO4. The molecule has 3 aromatic rings. The van der Waals surface area contributed by atoms with Crippen LogP contribution in [0.1, 0.15) is 36.7 Å². The maximum atomic E-state index is 14.9. The minimum Gasteiger partial charge on any atom is -0.494 e. The lowest BCUT2D eigenvalue weighted by atomic mass is 9.84. The van der Waals surface area contributed by atoms with E-state index < -0.39 is 39.8 Å². The summed E-state index contributed by atoms with van der Waals surface area (Å²) < 4.78 is 49.4. The van der Waals surface area contributed by atoms with E-state index in [2.05, 4.69) is 0 Å². The summed E-state index contributed by atoms with van der Waals surface area (Å²) in [6.45, 7) is 5.19. The third kappa shape index (κ3) is 3.35. The number of hydrogen-bond acceptors (Lipinski definition) is 3. The average molecular weight is 405 g/mol. The number of pyridine rings is 1. The Hall–Kier alpha value is -3.29. The minimum absolute atomic E-state index is 0.0145. The molecule has 0 atom stereocenters. The number of hydrogen-bond donors (Lipinski definition) is 1. The van der Waals surface area contributed by atoms with Crippen molar-refractivity contribution in [1.29, 1.82) is 0 Å². The van der Waals surface area contributed by atoms with Gasteiger partial charge in [-0.05, 0) is 23.6 Å². The summed E-state index contributed by atoms with van der Waals surface area (Å²) >= 11 is 0. The Morgan fingerprint density at radius 3 is 2.28 bits per heavy atom. The van der Waals surface area contributed by atoms with Gasteiger partial charge in [0.1, 0.15) is 28.8 Å². The van der Waals surface area contributed by atoms with E-state index in [-0.39, 0.29) is 27.9 Å². The first-order chi connectivity index (χ1) is 13.5. The van der Waals surface area contributed by atoms with Crippen molar-refractivity contribution < 1.29 is 27.8 Å². The number of rotatable bonds is 3.